The predicted molar refractivity (Wildman–Crippen MR) is 113 cm³/mol. The molecule has 2 aromatic carbocycles. The second-order valence-electron chi connectivity index (χ2n) is 6.93. The Morgan fingerprint density at radius 2 is 1.93 bits per heavy atom. The molecule has 0 aliphatic carbocycles. The van der Waals surface area contributed by atoms with Gasteiger partial charge in [0.25, 0.3) is 5.91 Å². The Morgan fingerprint density at radius 3 is 2.68 bits per heavy atom. The van der Waals surface area contributed by atoms with E-state index < -0.39 is 5.91 Å². The van der Waals surface area contributed by atoms with E-state index in [4.69, 9.17) is 10.7 Å². The first-order valence-corrected chi connectivity index (χ1v) is 9.71. The fraction of sp³-hybridized carbons (Fsp3) is 0.273. The molecule has 0 aliphatic heterocycles. The van der Waals surface area contributed by atoms with E-state index in [9.17, 15) is 4.79 Å². The number of amides is 1. The lowest BCUT2D eigenvalue weighted by Gasteiger charge is -2.18. The third-order valence-corrected chi connectivity index (χ3v) is 5.37. The van der Waals surface area contributed by atoms with Gasteiger partial charge in [0.2, 0.25) is 0 Å². The number of likely N-dealkylation sites (N-methyl/N-ethyl adjacent to an activating group) is 1. The number of nitrogens with two attached hydrogens (primary N) is 1. The number of para-hydroxylation sites is 2. The highest BCUT2D eigenvalue weighted by molar-refractivity contribution is 6.05. The van der Waals surface area contributed by atoms with E-state index in [0.717, 1.165) is 48.5 Å². The third kappa shape index (κ3) is 3.16. The molecule has 0 fully saturated rings. The average Bonchev–Trinajstić information content (AvgIpc) is 3.30. The Morgan fingerprint density at radius 1 is 1.14 bits per heavy atom. The van der Waals surface area contributed by atoms with Crippen LogP contribution in [0.25, 0.3) is 33.3 Å². The summed E-state index contributed by atoms with van der Waals surface area (Å²) in [4.78, 5) is 22.2. The molecule has 0 saturated carbocycles. The van der Waals surface area contributed by atoms with Crippen LogP contribution in [0.4, 0.5) is 0 Å². The van der Waals surface area contributed by atoms with Gasteiger partial charge in [0.1, 0.15) is 11.3 Å². The second-order valence-corrected chi connectivity index (χ2v) is 6.93. The van der Waals surface area contributed by atoms with Crippen molar-refractivity contribution in [3.05, 3.63) is 54.2 Å². The zero-order valence-corrected chi connectivity index (χ0v) is 16.3. The van der Waals surface area contributed by atoms with E-state index in [1.54, 1.807) is 6.07 Å². The molecule has 6 nitrogen and oxygen atoms in total. The first kappa shape index (κ1) is 18.3. The molecule has 6 heteroatoms. The zero-order chi connectivity index (χ0) is 19.7. The van der Waals surface area contributed by atoms with Gasteiger partial charge < -0.3 is 20.2 Å². The van der Waals surface area contributed by atoms with Gasteiger partial charge in [-0.05, 0) is 31.3 Å². The highest BCUT2D eigenvalue weighted by atomic mass is 16.1. The van der Waals surface area contributed by atoms with Crippen molar-refractivity contribution >= 4 is 27.8 Å². The van der Waals surface area contributed by atoms with E-state index in [0.29, 0.717) is 11.1 Å². The number of H-pyrrole nitrogens is 1. The number of nitrogens with one attached hydrogen (secondary N) is 1. The largest absolute Gasteiger partial charge is 0.366 e. The van der Waals surface area contributed by atoms with Crippen molar-refractivity contribution < 1.29 is 4.79 Å². The van der Waals surface area contributed by atoms with E-state index in [-0.39, 0.29) is 0 Å². The predicted octanol–water partition coefficient (Wildman–Crippen LogP) is 3.63. The number of benzene rings is 2. The first-order chi connectivity index (χ1) is 13.6. The Bertz CT molecular complexity index is 1140. The van der Waals surface area contributed by atoms with Crippen LogP contribution in [0.2, 0.25) is 0 Å². The minimum absolute atomic E-state index is 0.435. The summed E-state index contributed by atoms with van der Waals surface area (Å²) in [6, 6.07) is 13.8. The number of aromatic nitrogens is 3. The number of primary amides is 1. The number of imidazole rings is 1. The minimum atomic E-state index is -0.467. The molecular formula is C22H25N5O. The molecule has 0 atom stereocenters. The summed E-state index contributed by atoms with van der Waals surface area (Å²) in [5, 5.41) is 1.14. The molecule has 0 bridgehead atoms. The summed E-state index contributed by atoms with van der Waals surface area (Å²) >= 11 is 0. The number of nitrogens with zero attached hydrogens (tertiary/aromatic N) is 3. The van der Waals surface area contributed by atoms with Gasteiger partial charge in [0.05, 0.1) is 11.1 Å². The standard InChI is InChI=1S/C22H25N5O/c1-3-26(4-2)12-13-27-14-17(15-8-5-6-11-19(15)27)22-24-18-10-7-9-16(21(23)28)20(18)25-22/h5-11,14H,3-4,12-13H2,1-2H3,(H2,23,28)(H,24,25). The number of rotatable bonds is 7. The number of hydrogen-bond acceptors (Lipinski definition) is 3. The molecule has 0 radical (unpaired) electrons. The lowest BCUT2D eigenvalue weighted by molar-refractivity contribution is 0.100. The molecule has 1 amide bonds. The highest BCUT2D eigenvalue weighted by Crippen LogP contribution is 2.31. The first-order valence-electron chi connectivity index (χ1n) is 9.71. The van der Waals surface area contributed by atoms with Crippen molar-refractivity contribution in [2.75, 3.05) is 19.6 Å². The van der Waals surface area contributed by atoms with Gasteiger partial charge in [0, 0.05) is 35.8 Å². The van der Waals surface area contributed by atoms with Gasteiger partial charge in [-0.2, -0.15) is 0 Å². The van der Waals surface area contributed by atoms with Gasteiger partial charge in [-0.25, -0.2) is 4.98 Å². The molecule has 2 heterocycles. The van der Waals surface area contributed by atoms with E-state index in [2.05, 4.69) is 52.7 Å². The molecule has 0 unspecified atom stereocenters. The Kier molecular flexibility index (Phi) is 4.88. The lowest BCUT2D eigenvalue weighted by Crippen LogP contribution is -2.26. The van der Waals surface area contributed by atoms with Crippen LogP contribution in [-0.4, -0.2) is 45.0 Å². The molecule has 2 aromatic heterocycles. The molecule has 28 heavy (non-hydrogen) atoms. The summed E-state index contributed by atoms with van der Waals surface area (Å²) in [6.45, 7) is 8.37. The van der Waals surface area contributed by atoms with E-state index in [1.807, 2.05) is 18.2 Å². The van der Waals surface area contributed by atoms with Gasteiger partial charge >= 0.3 is 0 Å². The van der Waals surface area contributed by atoms with Crippen LogP contribution in [0.5, 0.6) is 0 Å². The Labute approximate surface area is 164 Å². The molecule has 0 aliphatic rings. The van der Waals surface area contributed by atoms with Gasteiger partial charge in [-0.3, -0.25) is 4.79 Å². The van der Waals surface area contributed by atoms with Gasteiger partial charge in [-0.1, -0.05) is 38.1 Å². The summed E-state index contributed by atoms with van der Waals surface area (Å²) in [5.41, 5.74) is 9.59. The van der Waals surface area contributed by atoms with Crippen LogP contribution in [0.15, 0.2) is 48.7 Å². The van der Waals surface area contributed by atoms with Crippen LogP contribution in [0.1, 0.15) is 24.2 Å². The second kappa shape index (κ2) is 7.48. The smallest absolute Gasteiger partial charge is 0.250 e. The maximum Gasteiger partial charge on any atom is 0.250 e. The molecule has 4 aromatic rings. The number of carbonyl (C=O) groups excluding carboxylic acids is 1. The van der Waals surface area contributed by atoms with Gasteiger partial charge in [-0.15, -0.1) is 0 Å². The number of hydrogen-bond donors (Lipinski definition) is 2. The van der Waals surface area contributed by atoms with Crippen molar-refractivity contribution in [2.45, 2.75) is 20.4 Å². The summed E-state index contributed by atoms with van der Waals surface area (Å²) in [6.07, 6.45) is 2.15. The highest BCUT2D eigenvalue weighted by Gasteiger charge is 2.16. The topological polar surface area (TPSA) is 79.9 Å². The number of aromatic amines is 1. The maximum atomic E-state index is 11.7. The average molecular weight is 375 g/mol. The number of fused-ring (bicyclic) bond motifs is 2. The Balaban J connectivity index is 1.80. The molecular weight excluding hydrogens is 350 g/mol. The fourth-order valence-corrected chi connectivity index (χ4v) is 3.77. The molecule has 144 valence electrons. The Hall–Kier alpha value is -3.12. The quantitative estimate of drug-likeness (QED) is 0.518. The molecule has 4 rings (SSSR count). The van der Waals surface area contributed by atoms with Crippen molar-refractivity contribution in [3.8, 4) is 11.4 Å². The third-order valence-electron chi connectivity index (χ3n) is 5.37. The summed E-state index contributed by atoms with van der Waals surface area (Å²) < 4.78 is 2.28. The number of carbonyl (C=O) groups is 1. The summed E-state index contributed by atoms with van der Waals surface area (Å²) in [7, 11) is 0. The van der Waals surface area contributed by atoms with Crippen molar-refractivity contribution in [2.24, 2.45) is 5.73 Å². The SMILES string of the molecule is CCN(CC)CCn1cc(-c2nc3c(C(N)=O)cccc3[nH]2)c2ccccc21. The molecule has 0 saturated heterocycles. The van der Waals surface area contributed by atoms with Crippen LogP contribution in [0, 0.1) is 0 Å². The zero-order valence-electron chi connectivity index (χ0n) is 16.3. The van der Waals surface area contributed by atoms with E-state index >= 15 is 0 Å². The summed E-state index contributed by atoms with van der Waals surface area (Å²) in [5.74, 6) is 0.284. The van der Waals surface area contributed by atoms with Crippen LogP contribution in [-0.2, 0) is 6.54 Å². The molecule has 3 N–H and O–H groups in total. The van der Waals surface area contributed by atoms with Crippen LogP contribution >= 0.6 is 0 Å². The fourth-order valence-electron chi connectivity index (χ4n) is 3.77. The lowest BCUT2D eigenvalue weighted by atomic mass is 10.1. The van der Waals surface area contributed by atoms with Crippen molar-refractivity contribution in [1.29, 1.82) is 0 Å². The van der Waals surface area contributed by atoms with Crippen molar-refractivity contribution in [3.63, 3.8) is 0 Å². The molecule has 0 spiro atoms. The maximum absolute atomic E-state index is 11.7. The monoisotopic (exact) mass is 375 g/mol. The van der Waals surface area contributed by atoms with Crippen LogP contribution < -0.4 is 5.73 Å². The van der Waals surface area contributed by atoms with Crippen LogP contribution in [0.3, 0.4) is 0 Å². The normalized spacial score (nSPS) is 11.7. The van der Waals surface area contributed by atoms with Crippen molar-refractivity contribution in [1.82, 2.24) is 19.4 Å². The van der Waals surface area contributed by atoms with Gasteiger partial charge in [0.15, 0.2) is 0 Å². The minimum Gasteiger partial charge on any atom is -0.366 e. The van der Waals surface area contributed by atoms with E-state index in [1.165, 1.54) is 5.52 Å².